The first kappa shape index (κ1) is 19.4. The van der Waals surface area contributed by atoms with Gasteiger partial charge in [-0.25, -0.2) is 4.79 Å². The number of fused-ring (bicyclic) bond motifs is 1. The first-order valence-corrected chi connectivity index (χ1v) is 11.3. The lowest BCUT2D eigenvalue weighted by molar-refractivity contribution is -0.152. The summed E-state index contributed by atoms with van der Waals surface area (Å²) >= 11 is 5.23. The fraction of sp³-hybridized carbons (Fsp3) is 0.353. The van der Waals surface area contributed by atoms with E-state index < -0.39 is 12.0 Å². The Labute approximate surface area is 173 Å². The molecule has 0 saturated carbocycles. The van der Waals surface area contributed by atoms with Crippen molar-refractivity contribution >= 4 is 63.5 Å². The molecule has 2 aliphatic heterocycles. The number of hydrogen-bond acceptors (Lipinski definition) is 6. The van der Waals surface area contributed by atoms with E-state index in [9.17, 15) is 14.4 Å². The van der Waals surface area contributed by atoms with Crippen LogP contribution in [0.2, 0.25) is 0 Å². The molecule has 0 unspecified atom stereocenters. The number of nitrogens with one attached hydrogen (secondary N) is 1. The van der Waals surface area contributed by atoms with Crippen molar-refractivity contribution in [3.8, 4) is 0 Å². The Kier molecular flexibility index (Phi) is 6.41. The van der Waals surface area contributed by atoms with Gasteiger partial charge in [-0.3, -0.25) is 14.5 Å². The molecule has 2 atom stereocenters. The van der Waals surface area contributed by atoms with Crippen LogP contribution in [0.5, 0.6) is 0 Å². The Morgan fingerprint density at radius 1 is 1.50 bits per heavy atom. The molecule has 1 aromatic rings. The minimum absolute atomic E-state index is 0.0949. The van der Waals surface area contributed by atoms with E-state index >= 15 is 0 Å². The molecule has 138 valence electrons. The maximum atomic E-state index is 12.6. The fourth-order valence-corrected chi connectivity index (χ4v) is 5.82. The molecular formula is C17H17IN2O4S2. The maximum Gasteiger partial charge on any atom is 0.355 e. The van der Waals surface area contributed by atoms with Crippen LogP contribution in [0.1, 0.15) is 4.88 Å². The van der Waals surface area contributed by atoms with E-state index in [2.05, 4.69) is 34.5 Å². The molecule has 2 aliphatic rings. The van der Waals surface area contributed by atoms with Gasteiger partial charge in [0, 0.05) is 15.1 Å². The number of thiophene rings is 1. The number of alkyl halides is 1. The highest BCUT2D eigenvalue weighted by Crippen LogP contribution is 2.41. The minimum atomic E-state index is -0.606. The van der Waals surface area contributed by atoms with Gasteiger partial charge in [0.15, 0.2) is 0 Å². The number of ether oxygens (including phenoxy) is 1. The fourth-order valence-electron chi connectivity index (χ4n) is 2.77. The number of carbonyl (C=O) groups is 3. The molecule has 9 heteroatoms. The van der Waals surface area contributed by atoms with Gasteiger partial charge in [-0.05, 0) is 17.0 Å². The van der Waals surface area contributed by atoms with Crippen LogP contribution in [0.3, 0.4) is 0 Å². The summed E-state index contributed by atoms with van der Waals surface area (Å²) in [5.41, 5.74) is 1.19. The summed E-state index contributed by atoms with van der Waals surface area (Å²) in [7, 11) is 0. The second kappa shape index (κ2) is 8.57. The van der Waals surface area contributed by atoms with Crippen molar-refractivity contribution in [3.63, 3.8) is 0 Å². The van der Waals surface area contributed by atoms with E-state index in [4.69, 9.17) is 4.74 Å². The van der Waals surface area contributed by atoms with Gasteiger partial charge in [-0.2, -0.15) is 0 Å². The highest BCUT2D eigenvalue weighted by molar-refractivity contribution is 14.1. The van der Waals surface area contributed by atoms with E-state index in [0.29, 0.717) is 15.9 Å². The number of carbonyl (C=O) groups excluding carboxylic acids is 3. The number of amides is 2. The summed E-state index contributed by atoms with van der Waals surface area (Å²) in [6, 6.07) is 3.17. The molecule has 0 spiro atoms. The van der Waals surface area contributed by atoms with Gasteiger partial charge in [0.25, 0.3) is 5.91 Å². The van der Waals surface area contributed by atoms with Crippen LogP contribution in [0.15, 0.2) is 41.4 Å². The first-order chi connectivity index (χ1) is 12.6. The van der Waals surface area contributed by atoms with Crippen LogP contribution in [0.4, 0.5) is 0 Å². The third kappa shape index (κ3) is 3.84. The van der Waals surface area contributed by atoms with Gasteiger partial charge in [-0.15, -0.1) is 23.1 Å². The van der Waals surface area contributed by atoms with Crippen molar-refractivity contribution in [1.82, 2.24) is 10.2 Å². The molecule has 2 amide bonds. The zero-order valence-corrected chi connectivity index (χ0v) is 17.6. The number of halogens is 1. The molecule has 0 aromatic carbocycles. The molecule has 3 heterocycles. The Morgan fingerprint density at radius 3 is 2.96 bits per heavy atom. The van der Waals surface area contributed by atoms with Gasteiger partial charge in [-0.1, -0.05) is 41.3 Å². The van der Waals surface area contributed by atoms with Crippen molar-refractivity contribution in [2.75, 3.05) is 16.8 Å². The van der Waals surface area contributed by atoms with E-state index in [-0.39, 0.29) is 30.2 Å². The Hall–Kier alpha value is -1.33. The number of nitrogens with zero attached hydrogens (tertiary/aromatic N) is 1. The average Bonchev–Trinajstić information content (AvgIpc) is 3.15. The molecule has 0 radical (unpaired) electrons. The molecule has 1 fully saturated rings. The highest BCUT2D eigenvalue weighted by atomic mass is 127. The van der Waals surface area contributed by atoms with Crippen LogP contribution in [-0.4, -0.2) is 50.9 Å². The van der Waals surface area contributed by atoms with Crippen molar-refractivity contribution < 1.29 is 19.1 Å². The van der Waals surface area contributed by atoms with Crippen LogP contribution in [-0.2, 0) is 25.5 Å². The summed E-state index contributed by atoms with van der Waals surface area (Å²) in [6.07, 6.45) is 1.74. The van der Waals surface area contributed by atoms with Crippen LogP contribution in [0.25, 0.3) is 0 Å². The lowest BCUT2D eigenvalue weighted by Gasteiger charge is -2.49. The quantitative estimate of drug-likeness (QED) is 0.203. The molecule has 6 nitrogen and oxygen atoms in total. The van der Waals surface area contributed by atoms with Gasteiger partial charge in [0.2, 0.25) is 5.91 Å². The number of esters is 1. The van der Waals surface area contributed by atoms with Crippen molar-refractivity contribution in [2.45, 2.75) is 17.8 Å². The van der Waals surface area contributed by atoms with Crippen LogP contribution in [0, 0.1) is 0 Å². The summed E-state index contributed by atoms with van der Waals surface area (Å²) < 4.78 is 5.78. The molecule has 26 heavy (non-hydrogen) atoms. The predicted octanol–water partition coefficient (Wildman–Crippen LogP) is 2.11. The zero-order chi connectivity index (χ0) is 18.7. The molecular weight excluding hydrogens is 487 g/mol. The second-order valence-corrected chi connectivity index (χ2v) is 8.58. The molecule has 0 bridgehead atoms. The molecule has 3 rings (SSSR count). The standard InChI is InChI=1S/C17H17IN2O4S2/c1-2-5-24-17(23)14-10(8-18)9-26-16-13(15(22)20(14)16)19-12(21)7-11-4-3-6-25-11/h2-4,6,13,16H,1,5,7-9H2,(H,19,21)/t13-,16+/m1/s1. The van der Waals surface area contributed by atoms with Crippen molar-refractivity contribution in [3.05, 3.63) is 46.3 Å². The average molecular weight is 504 g/mol. The molecule has 1 saturated heterocycles. The Balaban J connectivity index is 1.69. The summed E-state index contributed by atoms with van der Waals surface area (Å²) in [4.78, 5) is 39.6. The third-order valence-corrected chi connectivity index (χ3v) is 7.10. The summed E-state index contributed by atoms with van der Waals surface area (Å²) in [5, 5.41) is 4.44. The largest absolute Gasteiger partial charge is 0.457 e. The van der Waals surface area contributed by atoms with Crippen molar-refractivity contribution in [1.29, 1.82) is 0 Å². The summed E-state index contributed by atoms with van der Waals surface area (Å²) in [6.45, 7) is 3.62. The van der Waals surface area contributed by atoms with E-state index in [1.807, 2.05) is 17.5 Å². The molecule has 0 aliphatic carbocycles. The predicted molar refractivity (Wildman–Crippen MR) is 110 cm³/mol. The van der Waals surface area contributed by atoms with Gasteiger partial charge >= 0.3 is 5.97 Å². The molecule has 1 aromatic heterocycles. The monoisotopic (exact) mass is 504 g/mol. The van der Waals surface area contributed by atoms with Crippen LogP contribution < -0.4 is 5.32 Å². The smallest absolute Gasteiger partial charge is 0.355 e. The van der Waals surface area contributed by atoms with E-state index in [1.165, 1.54) is 22.3 Å². The normalized spacial score (nSPS) is 21.7. The highest BCUT2D eigenvalue weighted by Gasteiger charge is 2.54. The number of thioether (sulfide) groups is 1. The Bertz CT molecular complexity index is 763. The SMILES string of the molecule is C=CCOC(=O)C1=C(CI)CS[C@H]2[C@H](NC(=O)Cc3cccs3)C(=O)N12. The van der Waals surface area contributed by atoms with Gasteiger partial charge < -0.3 is 10.1 Å². The topological polar surface area (TPSA) is 75.7 Å². The Morgan fingerprint density at radius 2 is 2.31 bits per heavy atom. The van der Waals surface area contributed by atoms with Crippen molar-refractivity contribution in [2.24, 2.45) is 0 Å². The number of β-lactam (4-membered cyclic amide) rings is 1. The summed E-state index contributed by atoms with van der Waals surface area (Å²) in [5.74, 6) is -0.341. The molecule has 1 N–H and O–H groups in total. The van der Waals surface area contributed by atoms with E-state index in [1.54, 1.807) is 11.8 Å². The lowest BCUT2D eigenvalue weighted by Crippen LogP contribution is -2.70. The second-order valence-electron chi connectivity index (χ2n) is 5.68. The van der Waals surface area contributed by atoms with Crippen LogP contribution >= 0.6 is 45.7 Å². The van der Waals surface area contributed by atoms with Gasteiger partial charge in [0.05, 0.1) is 6.42 Å². The lowest BCUT2D eigenvalue weighted by atomic mass is 10.0. The van der Waals surface area contributed by atoms with E-state index in [0.717, 1.165) is 10.5 Å². The maximum absolute atomic E-state index is 12.6. The number of rotatable bonds is 7. The minimum Gasteiger partial charge on any atom is -0.457 e. The zero-order valence-electron chi connectivity index (χ0n) is 13.8. The van der Waals surface area contributed by atoms with Gasteiger partial charge in [0.1, 0.15) is 23.7 Å². The first-order valence-electron chi connectivity index (χ1n) is 7.89. The number of hydrogen-bond donors (Lipinski definition) is 1. The third-order valence-electron chi connectivity index (χ3n) is 3.97.